The smallest absolute Gasteiger partial charge is 0.122 e. The number of ether oxygens (including phenoxy) is 1. The van der Waals surface area contributed by atoms with Crippen LogP contribution in [0.3, 0.4) is 0 Å². The zero-order chi connectivity index (χ0) is 15.8. The molecule has 3 rings (SSSR count). The Labute approximate surface area is 151 Å². The molecule has 0 amide bonds. The molecule has 3 aliphatic rings. The molecular weight excluding hydrogens is 384 g/mol. The van der Waals surface area contributed by atoms with E-state index in [0.29, 0.717) is 14.9 Å². The minimum atomic E-state index is 0.393. The van der Waals surface area contributed by atoms with Crippen LogP contribution >= 0.6 is 22.6 Å². The first kappa shape index (κ1) is 17.5. The van der Waals surface area contributed by atoms with E-state index >= 15 is 0 Å². The maximum Gasteiger partial charge on any atom is 0.122 e. The first-order valence-electron chi connectivity index (χ1n) is 9.48. The van der Waals surface area contributed by atoms with E-state index in [1.54, 1.807) is 0 Å². The van der Waals surface area contributed by atoms with Crippen molar-refractivity contribution in [3.63, 3.8) is 0 Å². The maximum absolute atomic E-state index is 5.76. The Balaban J connectivity index is 1.75. The minimum Gasteiger partial charge on any atom is -0.377 e. The average Bonchev–Trinajstić information content (AvgIpc) is 2.41. The molecule has 1 spiro atoms. The van der Waals surface area contributed by atoms with Crippen molar-refractivity contribution in [2.45, 2.75) is 80.1 Å². The van der Waals surface area contributed by atoms with Crippen LogP contribution in [0.5, 0.6) is 0 Å². The summed E-state index contributed by atoms with van der Waals surface area (Å²) in [6.45, 7) is 8.04. The van der Waals surface area contributed by atoms with Crippen LogP contribution in [0.25, 0.3) is 0 Å². The Bertz CT molecular complexity index is 383. The summed E-state index contributed by atoms with van der Waals surface area (Å²) >= 11 is 2.72. The highest BCUT2D eigenvalue weighted by Crippen LogP contribution is 2.48. The number of hydrogen-bond acceptors (Lipinski definition) is 2. The van der Waals surface area contributed by atoms with Crippen LogP contribution in [-0.4, -0.2) is 47.4 Å². The molecule has 1 saturated carbocycles. The lowest BCUT2D eigenvalue weighted by Crippen LogP contribution is -2.71. The van der Waals surface area contributed by atoms with Gasteiger partial charge in [-0.2, -0.15) is 0 Å². The molecule has 0 aromatic carbocycles. The molecule has 2 heterocycles. The third-order valence-electron chi connectivity index (χ3n) is 6.64. The van der Waals surface area contributed by atoms with Crippen molar-refractivity contribution in [3.8, 4) is 0 Å². The number of halogens is 1. The van der Waals surface area contributed by atoms with Crippen LogP contribution in [-0.2, 0) is 4.74 Å². The lowest BCUT2D eigenvalue weighted by molar-refractivity contribution is -0.208. The van der Waals surface area contributed by atoms with Gasteiger partial charge in [0.2, 0.25) is 0 Å². The second-order valence-corrected chi connectivity index (χ2v) is 11.2. The molecule has 3 unspecified atom stereocenters. The number of rotatable bonds is 1. The van der Waals surface area contributed by atoms with Gasteiger partial charge >= 0.3 is 0 Å². The fourth-order valence-electron chi connectivity index (χ4n) is 5.41. The monoisotopic (exact) mass is 417 g/mol. The molecule has 0 radical (unpaired) electrons. The van der Waals surface area contributed by atoms with Crippen molar-refractivity contribution in [1.82, 2.24) is 4.90 Å². The van der Waals surface area contributed by atoms with Crippen molar-refractivity contribution in [1.29, 1.82) is 0 Å². The second kappa shape index (κ2) is 6.91. The predicted molar refractivity (Wildman–Crippen MR) is 105 cm³/mol. The molecule has 1 aliphatic carbocycles. The third kappa shape index (κ3) is 3.39. The van der Waals surface area contributed by atoms with E-state index in [1.807, 2.05) is 0 Å². The Morgan fingerprint density at radius 2 is 1.82 bits per heavy atom. The summed E-state index contributed by atoms with van der Waals surface area (Å²) in [5.41, 5.74) is 0.393. The summed E-state index contributed by atoms with van der Waals surface area (Å²) in [7, 11) is 2.47. The standard InChI is InChI=1S/C18H33BINO/c1-14(2)21-11-8-15-6-5-10-18(19,20)9-4-3-7-16(15)17(21)12-22-13-17/h14-16H,3-13,19H2,1-2H3. The Morgan fingerprint density at radius 3 is 2.45 bits per heavy atom. The van der Waals surface area contributed by atoms with Crippen molar-refractivity contribution in [2.75, 3.05) is 19.8 Å². The van der Waals surface area contributed by atoms with E-state index in [-0.39, 0.29) is 0 Å². The predicted octanol–water partition coefficient (Wildman–Crippen LogP) is 3.61. The zero-order valence-corrected chi connectivity index (χ0v) is 16.9. The van der Waals surface area contributed by atoms with Gasteiger partial charge in [-0.15, -0.1) is 0 Å². The molecule has 3 fully saturated rings. The van der Waals surface area contributed by atoms with Crippen molar-refractivity contribution < 1.29 is 4.74 Å². The Kier molecular flexibility index (Phi) is 5.51. The largest absolute Gasteiger partial charge is 0.377 e. The van der Waals surface area contributed by atoms with Crippen LogP contribution in [0, 0.1) is 11.8 Å². The fourth-order valence-corrected chi connectivity index (χ4v) is 6.17. The third-order valence-corrected chi connectivity index (χ3v) is 7.71. The summed E-state index contributed by atoms with van der Waals surface area (Å²) in [4.78, 5) is 2.80. The highest BCUT2D eigenvalue weighted by Gasteiger charge is 2.55. The first-order chi connectivity index (χ1) is 10.4. The van der Waals surface area contributed by atoms with E-state index < -0.39 is 0 Å². The van der Waals surface area contributed by atoms with E-state index in [2.05, 4.69) is 49.2 Å². The number of alkyl halides is 1. The normalized spacial score (nSPS) is 40.2. The summed E-state index contributed by atoms with van der Waals surface area (Å²) in [5.74, 6) is 1.83. The zero-order valence-electron chi connectivity index (χ0n) is 14.7. The SMILES string of the molecule is BC1(I)CCCCC2C(CCC1)CCN(C(C)C)C21COC1. The van der Waals surface area contributed by atoms with Gasteiger partial charge in [-0.25, -0.2) is 0 Å². The van der Waals surface area contributed by atoms with Crippen molar-refractivity contribution in [2.24, 2.45) is 11.8 Å². The first-order valence-corrected chi connectivity index (χ1v) is 10.6. The quantitative estimate of drug-likeness (QED) is 0.367. The van der Waals surface area contributed by atoms with Crippen LogP contribution in [0.1, 0.15) is 65.2 Å². The molecule has 2 saturated heterocycles. The van der Waals surface area contributed by atoms with Gasteiger partial charge in [-0.1, -0.05) is 48.3 Å². The average molecular weight is 417 g/mol. The topological polar surface area (TPSA) is 12.5 Å². The summed E-state index contributed by atoms with van der Waals surface area (Å²) in [5, 5.41) is 0. The molecule has 2 nitrogen and oxygen atoms in total. The Morgan fingerprint density at radius 1 is 1.09 bits per heavy atom. The van der Waals surface area contributed by atoms with Crippen LogP contribution < -0.4 is 0 Å². The van der Waals surface area contributed by atoms with Gasteiger partial charge in [-0.3, -0.25) is 4.90 Å². The van der Waals surface area contributed by atoms with E-state index in [4.69, 9.17) is 4.74 Å². The molecule has 126 valence electrons. The van der Waals surface area contributed by atoms with Gasteiger partial charge in [0.15, 0.2) is 0 Å². The van der Waals surface area contributed by atoms with E-state index in [0.717, 1.165) is 25.0 Å². The molecule has 0 N–H and O–H groups in total. The Hall–Kier alpha value is 0.715. The summed E-state index contributed by atoms with van der Waals surface area (Å²) < 4.78 is 6.31. The highest BCUT2D eigenvalue weighted by molar-refractivity contribution is 14.1. The molecular formula is C18H33BINO. The number of nitrogens with zero attached hydrogens (tertiary/aromatic N) is 1. The maximum atomic E-state index is 5.76. The van der Waals surface area contributed by atoms with Gasteiger partial charge in [0.1, 0.15) is 7.85 Å². The highest BCUT2D eigenvalue weighted by atomic mass is 127. The van der Waals surface area contributed by atoms with Gasteiger partial charge in [0.25, 0.3) is 0 Å². The lowest BCUT2D eigenvalue weighted by Gasteiger charge is -2.61. The van der Waals surface area contributed by atoms with Crippen molar-refractivity contribution in [3.05, 3.63) is 0 Å². The number of likely N-dealkylation sites (tertiary alicyclic amines) is 1. The van der Waals surface area contributed by atoms with Gasteiger partial charge < -0.3 is 4.74 Å². The number of hydrogen-bond donors (Lipinski definition) is 0. The summed E-state index contributed by atoms with van der Waals surface area (Å²) in [6, 6.07) is 0.665. The molecule has 0 aromatic rings. The minimum absolute atomic E-state index is 0.393. The van der Waals surface area contributed by atoms with Crippen LogP contribution in [0.4, 0.5) is 0 Å². The summed E-state index contributed by atoms with van der Waals surface area (Å²) in [6.07, 6.45) is 11.4. The molecule has 3 atom stereocenters. The van der Waals surface area contributed by atoms with E-state index in [1.165, 1.54) is 57.9 Å². The van der Waals surface area contributed by atoms with Gasteiger partial charge in [-0.05, 0) is 61.2 Å². The van der Waals surface area contributed by atoms with Gasteiger partial charge in [0, 0.05) is 6.04 Å². The van der Waals surface area contributed by atoms with Crippen LogP contribution in [0.2, 0.25) is 0 Å². The lowest BCUT2D eigenvalue weighted by atomic mass is 9.64. The fraction of sp³-hybridized carbons (Fsp3) is 1.00. The molecule has 22 heavy (non-hydrogen) atoms. The molecule has 0 bridgehead atoms. The second-order valence-electron chi connectivity index (χ2n) is 8.59. The van der Waals surface area contributed by atoms with Crippen LogP contribution in [0.15, 0.2) is 0 Å². The van der Waals surface area contributed by atoms with E-state index in [9.17, 15) is 0 Å². The molecule has 4 heteroatoms. The van der Waals surface area contributed by atoms with Gasteiger partial charge in [0.05, 0.1) is 18.8 Å². The molecule has 2 aliphatic heterocycles. The van der Waals surface area contributed by atoms with Crippen molar-refractivity contribution >= 4 is 30.4 Å². The number of piperidine rings is 1. The number of fused-ring (bicyclic) bond motifs is 2. The molecule has 0 aromatic heterocycles.